The second-order valence-electron chi connectivity index (χ2n) is 18.9. The number of hydrogen-bond donors (Lipinski definition) is 0. The third kappa shape index (κ3) is 48.1. The summed E-state index contributed by atoms with van der Waals surface area (Å²) in [6.07, 6.45) is 48.5. The minimum atomic E-state index is -4.62. The third-order valence-corrected chi connectivity index (χ3v) is 12.5. The molecule has 10 heteroatoms. The molecule has 0 aliphatic heterocycles. The Bertz CT molecular complexity index is 1050. The lowest BCUT2D eigenvalue weighted by molar-refractivity contribution is -0.870. The molecule has 0 aliphatic carbocycles. The molecule has 0 amide bonds. The molecule has 0 saturated heterocycles. The summed E-state index contributed by atoms with van der Waals surface area (Å²) < 4.78 is 33.9. The van der Waals surface area contributed by atoms with Crippen LogP contribution in [0.3, 0.4) is 0 Å². The van der Waals surface area contributed by atoms with Gasteiger partial charge in [0.05, 0.1) is 27.7 Å². The number of rotatable bonds is 48. The smallest absolute Gasteiger partial charge is 0.306 e. The number of unbranched alkanes of at least 4 members (excludes halogenated alkanes) is 32. The highest BCUT2D eigenvalue weighted by Gasteiger charge is 2.21. The second-order valence-corrected chi connectivity index (χ2v) is 20.3. The molecule has 0 N–H and O–H groups in total. The van der Waals surface area contributed by atoms with Crippen LogP contribution < -0.4 is 4.89 Å². The summed E-state index contributed by atoms with van der Waals surface area (Å²) in [5.74, 6) is -0.826. The summed E-state index contributed by atoms with van der Waals surface area (Å²) in [6.45, 7) is 4.23. The number of esters is 2. The van der Waals surface area contributed by atoms with Gasteiger partial charge in [-0.3, -0.25) is 14.2 Å². The van der Waals surface area contributed by atoms with Gasteiger partial charge in [-0.1, -0.05) is 212 Å². The third-order valence-electron chi connectivity index (χ3n) is 11.5. The average Bonchev–Trinajstić information content (AvgIpc) is 3.21. The summed E-state index contributed by atoms with van der Waals surface area (Å²) in [5.41, 5.74) is 0. The topological polar surface area (TPSA) is 111 Å². The van der Waals surface area contributed by atoms with Gasteiger partial charge in [0.1, 0.15) is 19.8 Å². The normalized spacial score (nSPS) is 13.5. The van der Waals surface area contributed by atoms with Gasteiger partial charge in [-0.05, 0) is 38.5 Å². The SMILES string of the molecule is CCCCCCCCCC/C=C\CCCCCCCCCCCCCCCCCCCC(=O)OC(COC(=O)CCCCCCCCCC)COP(=O)([O-])OCC[N+](C)(C)C. The molecule has 0 aromatic rings. The fraction of sp³-hybridized carbons (Fsp3) is 0.922. The zero-order valence-corrected chi connectivity index (χ0v) is 41.8. The van der Waals surface area contributed by atoms with Crippen molar-refractivity contribution in [3.63, 3.8) is 0 Å². The van der Waals surface area contributed by atoms with Gasteiger partial charge in [-0.15, -0.1) is 0 Å². The number of quaternary nitrogens is 1. The fourth-order valence-electron chi connectivity index (χ4n) is 7.48. The van der Waals surface area contributed by atoms with Crippen molar-refractivity contribution < 1.29 is 42.1 Å². The highest BCUT2D eigenvalue weighted by molar-refractivity contribution is 7.45. The van der Waals surface area contributed by atoms with E-state index in [1.165, 1.54) is 186 Å². The summed E-state index contributed by atoms with van der Waals surface area (Å²) in [5, 5.41) is 0. The first-order chi connectivity index (χ1) is 29.5. The van der Waals surface area contributed by atoms with Crippen LogP contribution in [0.15, 0.2) is 12.2 Å². The molecule has 0 aromatic heterocycles. The molecule has 0 aliphatic rings. The predicted octanol–water partition coefficient (Wildman–Crippen LogP) is 14.7. The molecule has 362 valence electrons. The van der Waals surface area contributed by atoms with Crippen LogP contribution in [0.2, 0.25) is 0 Å². The van der Waals surface area contributed by atoms with E-state index >= 15 is 0 Å². The molecule has 9 nitrogen and oxygen atoms in total. The van der Waals surface area contributed by atoms with E-state index in [0.717, 1.165) is 32.1 Å². The average molecular weight is 886 g/mol. The van der Waals surface area contributed by atoms with Gasteiger partial charge in [0.2, 0.25) is 0 Å². The largest absolute Gasteiger partial charge is 0.756 e. The van der Waals surface area contributed by atoms with Crippen molar-refractivity contribution in [1.29, 1.82) is 0 Å². The molecule has 2 unspecified atom stereocenters. The van der Waals surface area contributed by atoms with Crippen molar-refractivity contribution in [2.45, 2.75) is 258 Å². The number of carbonyl (C=O) groups is 2. The molecule has 0 spiro atoms. The van der Waals surface area contributed by atoms with Gasteiger partial charge >= 0.3 is 11.9 Å². The quantitative estimate of drug-likeness (QED) is 0.0195. The van der Waals surface area contributed by atoms with E-state index in [-0.39, 0.29) is 32.0 Å². The van der Waals surface area contributed by atoms with Crippen LogP contribution in [0.1, 0.15) is 251 Å². The molecule has 0 saturated carbocycles. The van der Waals surface area contributed by atoms with Crippen molar-refractivity contribution in [2.24, 2.45) is 0 Å². The van der Waals surface area contributed by atoms with E-state index in [0.29, 0.717) is 17.4 Å². The van der Waals surface area contributed by atoms with Crippen LogP contribution in [0.4, 0.5) is 0 Å². The van der Waals surface area contributed by atoms with Crippen LogP contribution in [-0.2, 0) is 32.7 Å². The lowest BCUT2D eigenvalue weighted by atomic mass is 10.0. The molecule has 0 radical (unpaired) electrons. The number of nitrogens with zero attached hydrogens (tertiary/aromatic N) is 1. The Labute approximate surface area is 377 Å². The maximum Gasteiger partial charge on any atom is 0.306 e. The number of phosphoric ester groups is 1. The van der Waals surface area contributed by atoms with E-state index < -0.39 is 26.5 Å². The molecular formula is C51H100NO8P. The van der Waals surface area contributed by atoms with Crippen molar-refractivity contribution in [2.75, 3.05) is 47.5 Å². The van der Waals surface area contributed by atoms with E-state index in [2.05, 4.69) is 26.0 Å². The molecule has 61 heavy (non-hydrogen) atoms. The molecule has 0 rings (SSSR count). The Morgan fingerprint density at radius 3 is 1.21 bits per heavy atom. The van der Waals surface area contributed by atoms with Crippen molar-refractivity contribution >= 4 is 19.8 Å². The van der Waals surface area contributed by atoms with Gasteiger partial charge in [-0.25, -0.2) is 0 Å². The highest BCUT2D eigenvalue weighted by atomic mass is 31.2. The maximum atomic E-state index is 12.7. The van der Waals surface area contributed by atoms with Crippen LogP contribution in [0.5, 0.6) is 0 Å². The predicted molar refractivity (Wildman–Crippen MR) is 255 cm³/mol. The number of carbonyl (C=O) groups excluding carboxylic acids is 2. The van der Waals surface area contributed by atoms with E-state index in [1.807, 2.05) is 21.1 Å². The van der Waals surface area contributed by atoms with Gasteiger partial charge in [-0.2, -0.15) is 0 Å². The summed E-state index contributed by atoms with van der Waals surface area (Å²) >= 11 is 0. The highest BCUT2D eigenvalue weighted by Crippen LogP contribution is 2.38. The molecule has 2 atom stereocenters. The first-order valence-electron chi connectivity index (χ1n) is 25.9. The van der Waals surface area contributed by atoms with Crippen molar-refractivity contribution in [3.8, 4) is 0 Å². The molecule has 0 heterocycles. The first kappa shape index (κ1) is 59.8. The molecule has 0 aromatic carbocycles. The zero-order chi connectivity index (χ0) is 45.0. The van der Waals surface area contributed by atoms with Crippen molar-refractivity contribution in [1.82, 2.24) is 0 Å². The monoisotopic (exact) mass is 886 g/mol. The zero-order valence-electron chi connectivity index (χ0n) is 40.9. The Hall–Kier alpha value is -1.25. The Morgan fingerprint density at radius 1 is 0.492 bits per heavy atom. The van der Waals surface area contributed by atoms with Gasteiger partial charge in [0.25, 0.3) is 7.82 Å². The summed E-state index contributed by atoms with van der Waals surface area (Å²) in [7, 11) is 1.18. The van der Waals surface area contributed by atoms with Crippen LogP contribution in [-0.4, -0.2) is 70.0 Å². The number of ether oxygens (including phenoxy) is 2. The van der Waals surface area contributed by atoms with Crippen LogP contribution in [0.25, 0.3) is 0 Å². The maximum absolute atomic E-state index is 12.7. The van der Waals surface area contributed by atoms with Crippen molar-refractivity contribution in [3.05, 3.63) is 12.2 Å². The fourth-order valence-corrected chi connectivity index (χ4v) is 8.20. The molecular weight excluding hydrogens is 786 g/mol. The lowest BCUT2D eigenvalue weighted by Gasteiger charge is -2.28. The molecule has 0 fully saturated rings. The number of hydrogen-bond acceptors (Lipinski definition) is 8. The Balaban J connectivity index is 3.97. The minimum Gasteiger partial charge on any atom is -0.756 e. The van der Waals surface area contributed by atoms with Gasteiger partial charge in [0, 0.05) is 12.8 Å². The second kappa shape index (κ2) is 44.0. The summed E-state index contributed by atoms with van der Waals surface area (Å²) in [4.78, 5) is 37.5. The van der Waals surface area contributed by atoms with Crippen LogP contribution >= 0.6 is 7.82 Å². The summed E-state index contributed by atoms with van der Waals surface area (Å²) in [6, 6.07) is 0. The molecule has 0 bridgehead atoms. The number of phosphoric acid groups is 1. The minimum absolute atomic E-state index is 0.0270. The first-order valence-corrected chi connectivity index (χ1v) is 27.4. The number of allylic oxidation sites excluding steroid dienone is 2. The van der Waals surface area contributed by atoms with E-state index in [1.54, 1.807) is 0 Å². The standard InChI is InChI=1S/C51H100NO8P/c1-6-8-10-12-14-16-17-18-19-20-21-22-23-24-25-26-27-28-29-30-31-32-33-34-35-36-38-40-42-44-51(54)60-49(48-59-61(55,56)58-46-45-52(3,4)5)47-57-50(53)43-41-39-37-15-13-11-9-7-2/h20-21,49H,6-19,22-48H2,1-5H3/b21-20-. The lowest BCUT2D eigenvalue weighted by Crippen LogP contribution is -2.37. The van der Waals surface area contributed by atoms with E-state index in [4.69, 9.17) is 18.5 Å². The number of likely N-dealkylation sites (N-methyl/N-ethyl adjacent to an activating group) is 1. The Morgan fingerprint density at radius 2 is 0.836 bits per heavy atom. The van der Waals surface area contributed by atoms with E-state index in [9.17, 15) is 19.0 Å². The van der Waals surface area contributed by atoms with Gasteiger partial charge in [0.15, 0.2) is 6.10 Å². The van der Waals surface area contributed by atoms with Gasteiger partial charge < -0.3 is 27.9 Å². The Kier molecular flexibility index (Phi) is 43.1. The van der Waals surface area contributed by atoms with Crippen LogP contribution in [0, 0.1) is 0 Å².